The first-order valence-electron chi connectivity index (χ1n) is 6.61. The molecule has 3 aromatic heterocycles. The molecule has 0 bridgehead atoms. The lowest BCUT2D eigenvalue weighted by Crippen LogP contribution is -1.97. The number of aromatic nitrogens is 3. The van der Waals surface area contributed by atoms with Crippen LogP contribution in [0.1, 0.15) is 0 Å². The van der Waals surface area contributed by atoms with Gasteiger partial charge >= 0.3 is 0 Å². The highest BCUT2D eigenvalue weighted by Gasteiger charge is 2.15. The molecule has 0 spiro atoms. The molecule has 2 N–H and O–H groups in total. The van der Waals surface area contributed by atoms with Gasteiger partial charge in [-0.2, -0.15) is 0 Å². The van der Waals surface area contributed by atoms with Gasteiger partial charge in [0.25, 0.3) is 0 Å². The molecule has 0 fully saturated rings. The lowest BCUT2D eigenvalue weighted by Gasteiger charge is -2.08. The van der Waals surface area contributed by atoms with Crippen LogP contribution in [-0.4, -0.2) is 14.4 Å². The van der Waals surface area contributed by atoms with Gasteiger partial charge in [0.15, 0.2) is 0 Å². The summed E-state index contributed by atoms with van der Waals surface area (Å²) in [5.74, 6) is -0.719. The van der Waals surface area contributed by atoms with Crippen molar-refractivity contribution in [1.29, 1.82) is 0 Å². The van der Waals surface area contributed by atoms with Gasteiger partial charge in [-0.25, -0.2) is 18.7 Å². The number of hydrogen-bond donors (Lipinski definition) is 1. The molecule has 0 saturated heterocycles. The molecule has 4 aromatic rings. The van der Waals surface area contributed by atoms with Crippen molar-refractivity contribution >= 4 is 22.2 Å². The van der Waals surface area contributed by atoms with Crippen LogP contribution < -0.4 is 5.73 Å². The van der Waals surface area contributed by atoms with Gasteiger partial charge in [0.1, 0.15) is 23.1 Å². The molecule has 0 radical (unpaired) electrons. The van der Waals surface area contributed by atoms with E-state index in [2.05, 4.69) is 9.97 Å². The van der Waals surface area contributed by atoms with Gasteiger partial charge in [-0.15, -0.1) is 0 Å². The van der Waals surface area contributed by atoms with Gasteiger partial charge in [-0.05, 0) is 23.6 Å². The number of rotatable bonds is 1. The maximum Gasteiger partial charge on any atom is 0.144 e. The van der Waals surface area contributed by atoms with Crippen LogP contribution in [0.5, 0.6) is 0 Å². The minimum atomic E-state index is -0.464. The quantitative estimate of drug-likeness (QED) is 0.585. The first-order valence-corrected chi connectivity index (χ1v) is 6.61. The topological polar surface area (TPSA) is 56.2 Å². The van der Waals surface area contributed by atoms with E-state index >= 15 is 0 Å². The Hall–Kier alpha value is -3.02. The predicted octanol–water partition coefficient (Wildman–Crippen LogP) is 3.41. The SMILES string of the molecule is Nc1nccc2ccc(-c3cnc4cc(F)ccn34)c(F)c12. The van der Waals surface area contributed by atoms with Gasteiger partial charge in [0.05, 0.1) is 17.3 Å². The van der Waals surface area contributed by atoms with Crippen LogP contribution in [-0.2, 0) is 0 Å². The normalized spacial score (nSPS) is 11.4. The fourth-order valence-electron chi connectivity index (χ4n) is 2.61. The number of nitrogens with zero attached hydrogens (tertiary/aromatic N) is 3. The van der Waals surface area contributed by atoms with Crippen molar-refractivity contribution in [2.45, 2.75) is 0 Å². The van der Waals surface area contributed by atoms with E-state index in [0.717, 1.165) is 0 Å². The highest BCUT2D eigenvalue weighted by atomic mass is 19.1. The van der Waals surface area contributed by atoms with Crippen LogP contribution in [0.3, 0.4) is 0 Å². The summed E-state index contributed by atoms with van der Waals surface area (Å²) in [4.78, 5) is 8.04. The third kappa shape index (κ3) is 1.74. The lowest BCUT2D eigenvalue weighted by atomic mass is 10.1. The second-order valence-electron chi connectivity index (χ2n) is 4.94. The molecule has 0 saturated carbocycles. The Balaban J connectivity index is 2.04. The Morgan fingerprint density at radius 3 is 2.77 bits per heavy atom. The van der Waals surface area contributed by atoms with E-state index in [1.165, 1.54) is 30.7 Å². The van der Waals surface area contributed by atoms with Crippen molar-refractivity contribution in [3.8, 4) is 11.3 Å². The third-order valence-electron chi connectivity index (χ3n) is 3.65. The Bertz CT molecular complexity index is 1020. The van der Waals surface area contributed by atoms with Gasteiger partial charge in [-0.1, -0.05) is 6.07 Å². The van der Waals surface area contributed by atoms with Crippen LogP contribution in [0, 0.1) is 11.6 Å². The Morgan fingerprint density at radius 2 is 1.91 bits per heavy atom. The van der Waals surface area contributed by atoms with Crippen LogP contribution in [0.25, 0.3) is 27.7 Å². The zero-order chi connectivity index (χ0) is 15.3. The van der Waals surface area contributed by atoms with Crippen LogP contribution in [0.4, 0.5) is 14.6 Å². The maximum atomic E-state index is 14.9. The number of halogens is 2. The summed E-state index contributed by atoms with van der Waals surface area (Å²) in [6, 6.07) is 7.71. The fourth-order valence-corrected chi connectivity index (χ4v) is 2.61. The number of imidazole rings is 1. The number of benzene rings is 1. The molecule has 108 valence electrons. The Morgan fingerprint density at radius 1 is 1.05 bits per heavy atom. The second-order valence-corrected chi connectivity index (χ2v) is 4.94. The monoisotopic (exact) mass is 296 g/mol. The number of pyridine rings is 2. The fraction of sp³-hybridized carbons (Fsp3) is 0. The van der Waals surface area contributed by atoms with E-state index in [1.807, 2.05) is 0 Å². The van der Waals surface area contributed by atoms with Crippen molar-refractivity contribution in [1.82, 2.24) is 14.4 Å². The maximum absolute atomic E-state index is 14.9. The molecule has 0 aliphatic carbocycles. The highest BCUT2D eigenvalue weighted by molar-refractivity contribution is 5.94. The lowest BCUT2D eigenvalue weighted by molar-refractivity contribution is 0.626. The molecule has 0 unspecified atom stereocenters. The molecular weight excluding hydrogens is 286 g/mol. The van der Waals surface area contributed by atoms with Crippen LogP contribution >= 0.6 is 0 Å². The van der Waals surface area contributed by atoms with Gasteiger partial charge < -0.3 is 5.73 Å². The molecule has 4 rings (SSSR count). The predicted molar refractivity (Wildman–Crippen MR) is 80.3 cm³/mol. The van der Waals surface area contributed by atoms with Crippen LogP contribution in [0.15, 0.2) is 48.9 Å². The summed E-state index contributed by atoms with van der Waals surface area (Å²) in [5.41, 5.74) is 7.06. The van der Waals surface area contributed by atoms with Gasteiger partial charge in [-0.3, -0.25) is 4.40 Å². The van der Waals surface area contributed by atoms with E-state index in [0.29, 0.717) is 22.3 Å². The third-order valence-corrected chi connectivity index (χ3v) is 3.65. The van der Waals surface area contributed by atoms with E-state index in [1.54, 1.807) is 22.6 Å². The van der Waals surface area contributed by atoms with Crippen LogP contribution in [0.2, 0.25) is 0 Å². The number of hydrogen-bond acceptors (Lipinski definition) is 3. The first-order chi connectivity index (χ1) is 10.6. The Kier molecular flexibility index (Phi) is 2.59. The number of anilines is 1. The van der Waals surface area contributed by atoms with E-state index < -0.39 is 11.6 Å². The minimum Gasteiger partial charge on any atom is -0.383 e. The molecule has 3 heterocycles. The van der Waals surface area contributed by atoms with Gasteiger partial charge in [0.2, 0.25) is 0 Å². The van der Waals surface area contributed by atoms with E-state index in [4.69, 9.17) is 5.73 Å². The molecule has 0 amide bonds. The second kappa shape index (κ2) is 4.49. The summed E-state index contributed by atoms with van der Waals surface area (Å²) in [5, 5.41) is 0.950. The molecular formula is C16H10F2N4. The highest BCUT2D eigenvalue weighted by Crippen LogP contribution is 2.31. The summed E-state index contributed by atoms with van der Waals surface area (Å²) >= 11 is 0. The molecule has 0 aliphatic rings. The average molecular weight is 296 g/mol. The van der Waals surface area contributed by atoms with Crippen molar-refractivity contribution < 1.29 is 8.78 Å². The molecule has 0 aliphatic heterocycles. The minimum absolute atomic E-state index is 0.136. The zero-order valence-electron chi connectivity index (χ0n) is 11.3. The molecule has 4 nitrogen and oxygen atoms in total. The molecule has 6 heteroatoms. The smallest absolute Gasteiger partial charge is 0.144 e. The summed E-state index contributed by atoms with van der Waals surface area (Å²) in [7, 11) is 0. The molecule has 0 atom stereocenters. The molecule has 22 heavy (non-hydrogen) atoms. The standard InChI is InChI=1S/C16H10F2N4/c17-10-4-6-22-12(8-21-13(22)7-10)11-2-1-9-3-5-20-16(19)14(9)15(11)18/h1-8H,(H2,19,20). The number of nitrogens with two attached hydrogens (primary N) is 1. The summed E-state index contributed by atoms with van der Waals surface area (Å²) < 4.78 is 29.7. The Labute approximate surface area is 123 Å². The van der Waals surface area contributed by atoms with Crippen molar-refractivity contribution in [2.75, 3.05) is 5.73 Å². The van der Waals surface area contributed by atoms with Crippen molar-refractivity contribution in [3.63, 3.8) is 0 Å². The zero-order valence-corrected chi connectivity index (χ0v) is 11.3. The first kappa shape index (κ1) is 12.7. The largest absolute Gasteiger partial charge is 0.383 e. The summed E-state index contributed by atoms with van der Waals surface area (Å²) in [6.07, 6.45) is 4.56. The summed E-state index contributed by atoms with van der Waals surface area (Å²) in [6.45, 7) is 0. The van der Waals surface area contributed by atoms with Gasteiger partial charge in [0, 0.05) is 24.0 Å². The van der Waals surface area contributed by atoms with E-state index in [9.17, 15) is 8.78 Å². The average Bonchev–Trinajstić information content (AvgIpc) is 2.90. The van der Waals surface area contributed by atoms with Crippen molar-refractivity contribution in [2.24, 2.45) is 0 Å². The number of fused-ring (bicyclic) bond motifs is 2. The van der Waals surface area contributed by atoms with E-state index in [-0.39, 0.29) is 11.2 Å². The van der Waals surface area contributed by atoms with Crippen molar-refractivity contribution in [3.05, 3.63) is 60.6 Å². The molecule has 1 aromatic carbocycles. The number of nitrogen functional groups attached to an aromatic ring is 1.